The van der Waals surface area contributed by atoms with Gasteiger partial charge in [0.1, 0.15) is 0 Å². The molecule has 0 bridgehead atoms. The Morgan fingerprint density at radius 1 is 1.33 bits per heavy atom. The van der Waals surface area contributed by atoms with E-state index in [0.29, 0.717) is 0 Å². The average Bonchev–Trinajstić information content (AvgIpc) is 0.722. The van der Waals surface area contributed by atoms with Crippen LogP contribution in [0.5, 0.6) is 0 Å². The van der Waals surface area contributed by atoms with Gasteiger partial charge < -0.3 is 6.15 Å². The Morgan fingerprint density at radius 2 is 1.33 bits per heavy atom. The smallest absolute Gasteiger partial charge is 0.344 e. The second-order valence-corrected chi connectivity index (χ2v) is 1.34. The molecule has 6 heteroatoms. The van der Waals surface area contributed by atoms with E-state index in [1.54, 1.807) is 0 Å². The van der Waals surface area contributed by atoms with Gasteiger partial charge in [-0.3, -0.25) is 9.11 Å². The first-order valence-corrected chi connectivity index (χ1v) is 2.10. The summed E-state index contributed by atoms with van der Waals surface area (Å²) in [6, 6.07) is 0. The van der Waals surface area contributed by atoms with Gasteiger partial charge in [0, 0.05) is 5.71 Å². The molecule has 6 heavy (non-hydrogen) atoms. The molecule has 0 saturated heterocycles. The molecule has 0 unspecified atom stereocenters. The van der Waals surface area contributed by atoms with Crippen LogP contribution in [0.2, 0.25) is 0 Å². The van der Waals surface area contributed by atoms with E-state index in [0.717, 1.165) is 0 Å². The maximum atomic E-state index is 8.74. The van der Waals surface area contributed by atoms with Gasteiger partial charge >= 0.3 is 10.4 Å². The molecule has 0 fully saturated rings. The summed E-state index contributed by atoms with van der Waals surface area (Å²) in [6.45, 7) is 0. The Kier molecular flexibility index (Phi) is 3.22. The summed E-state index contributed by atoms with van der Waals surface area (Å²) in [7, 11) is -4.67. The highest BCUT2D eigenvalue weighted by molar-refractivity contribution is 7.79. The van der Waals surface area contributed by atoms with Gasteiger partial charge in [-0.2, -0.15) is 8.42 Å². The molecule has 0 aliphatic carbocycles. The molecular formula is H13NO4S. The van der Waals surface area contributed by atoms with Gasteiger partial charge in [0.15, 0.2) is 0 Å². The predicted octanol–water partition coefficient (Wildman–Crippen LogP) is 0.493. The number of hydrogen-bond acceptors (Lipinski definition) is 3. The average molecular weight is 123 g/mol. The fraction of sp³-hybridized carbons (Fsp3) is 0. The van der Waals surface area contributed by atoms with Crippen molar-refractivity contribution in [2.24, 2.45) is 0 Å². The zero-order chi connectivity index (χ0) is 4.50. The van der Waals surface area contributed by atoms with Crippen molar-refractivity contribution in [3.8, 4) is 0 Å². The van der Waals surface area contributed by atoms with Crippen LogP contribution < -0.4 is 6.15 Å². The third-order valence-electron chi connectivity index (χ3n) is 0. The lowest BCUT2D eigenvalue weighted by atomic mass is 14.0. The molecule has 0 heterocycles. The molecule has 5 nitrogen and oxygen atoms in total. The molecule has 0 radical (unpaired) electrons. The van der Waals surface area contributed by atoms with E-state index in [1.807, 2.05) is 0 Å². The molecule has 0 aliphatic rings. The minimum Gasteiger partial charge on any atom is -0.344 e. The molecule has 0 saturated carbocycles. The van der Waals surface area contributed by atoms with Crippen LogP contribution in [0.3, 0.4) is 0 Å². The van der Waals surface area contributed by atoms with E-state index in [2.05, 4.69) is 0 Å². The normalized spacial score (nSPS) is 9.67. The van der Waals surface area contributed by atoms with Gasteiger partial charge in [-0.25, -0.2) is 0 Å². The Labute approximate surface area is 41.1 Å². The topological polar surface area (TPSA) is 110 Å². The molecule has 0 spiro atoms. The van der Waals surface area contributed by atoms with Crippen LogP contribution >= 0.6 is 0 Å². The van der Waals surface area contributed by atoms with Crippen molar-refractivity contribution in [2.45, 2.75) is 0 Å². The lowest BCUT2D eigenvalue weighted by Crippen LogP contribution is -1.89. The Balaban J connectivity index is -0.00000000800. The van der Waals surface area contributed by atoms with E-state index in [4.69, 9.17) is 17.5 Å². The van der Waals surface area contributed by atoms with Crippen LogP contribution in [0.4, 0.5) is 0 Å². The molecule has 0 rings (SSSR count). The van der Waals surface area contributed by atoms with Crippen LogP contribution in [0, 0.1) is 0 Å². The molecule has 0 aromatic rings. The van der Waals surface area contributed by atoms with Crippen LogP contribution in [-0.4, -0.2) is 17.5 Å². The van der Waals surface area contributed by atoms with Gasteiger partial charge in [0.25, 0.3) is 0 Å². The van der Waals surface area contributed by atoms with Crippen molar-refractivity contribution in [1.29, 1.82) is 0 Å². The summed E-state index contributed by atoms with van der Waals surface area (Å²) >= 11 is 0. The largest absolute Gasteiger partial charge is 0.394 e. The summed E-state index contributed by atoms with van der Waals surface area (Å²) < 4.78 is 31.6. The first-order valence-electron chi connectivity index (χ1n) is 0.698. The SMILES string of the molecule is N.O=S(=O)(O)O.[HH].[HH].[HH].[HH]. The van der Waals surface area contributed by atoms with Crippen LogP contribution in [0.1, 0.15) is 5.71 Å². The third kappa shape index (κ3) is 1060. The Hall–Kier alpha value is -0.170. The Bertz CT molecular complexity index is 100. The summed E-state index contributed by atoms with van der Waals surface area (Å²) in [5, 5.41) is 0. The zero-order valence-corrected chi connectivity index (χ0v) is 3.64. The molecule has 0 atom stereocenters. The highest BCUT2D eigenvalue weighted by Gasteiger charge is 1.84. The van der Waals surface area contributed by atoms with Crippen molar-refractivity contribution < 1.29 is 23.2 Å². The first kappa shape index (κ1) is 9.27. The number of hydrogen-bond donors (Lipinski definition) is 3. The zero-order valence-electron chi connectivity index (χ0n) is 2.83. The molecule has 48 valence electrons. The minimum absolute atomic E-state index is 0. The predicted molar refractivity (Wildman–Crippen MR) is 27.7 cm³/mol. The standard InChI is InChI=1S/H3N.H2O4S.4H2/c;1-5(2,3)4;;;;/h1H3;(H2,1,2,3,4);4*1H. The van der Waals surface area contributed by atoms with E-state index in [1.165, 1.54) is 0 Å². The highest BCUT2D eigenvalue weighted by Crippen LogP contribution is 1.59. The molecule has 0 aromatic carbocycles. The fourth-order valence-electron chi connectivity index (χ4n) is 0. The summed E-state index contributed by atoms with van der Waals surface area (Å²) in [5.41, 5.74) is 0. The molecule has 5 N–H and O–H groups in total. The lowest BCUT2D eigenvalue weighted by Gasteiger charge is -1.68. The molecule has 0 amide bonds. The van der Waals surface area contributed by atoms with E-state index in [-0.39, 0.29) is 11.9 Å². The van der Waals surface area contributed by atoms with E-state index >= 15 is 0 Å². The Morgan fingerprint density at radius 3 is 1.33 bits per heavy atom. The summed E-state index contributed by atoms with van der Waals surface area (Å²) in [6.07, 6.45) is 0. The summed E-state index contributed by atoms with van der Waals surface area (Å²) in [4.78, 5) is 0. The van der Waals surface area contributed by atoms with Gasteiger partial charge in [0.2, 0.25) is 0 Å². The minimum atomic E-state index is -4.67. The number of rotatable bonds is 0. The van der Waals surface area contributed by atoms with Crippen LogP contribution in [0.15, 0.2) is 0 Å². The van der Waals surface area contributed by atoms with Crippen molar-refractivity contribution in [1.82, 2.24) is 6.15 Å². The van der Waals surface area contributed by atoms with Crippen molar-refractivity contribution >= 4 is 10.4 Å². The maximum Gasteiger partial charge on any atom is 0.394 e. The fourth-order valence-corrected chi connectivity index (χ4v) is 0. The van der Waals surface area contributed by atoms with Crippen molar-refractivity contribution in [2.75, 3.05) is 0 Å². The molecular weight excluding hydrogens is 110 g/mol. The van der Waals surface area contributed by atoms with Crippen molar-refractivity contribution in [3.63, 3.8) is 0 Å². The molecule has 0 aliphatic heterocycles. The second kappa shape index (κ2) is 2.08. The second-order valence-electron chi connectivity index (χ2n) is 0.448. The van der Waals surface area contributed by atoms with Gasteiger partial charge in [-0.05, 0) is 0 Å². The lowest BCUT2D eigenvalue weighted by molar-refractivity contribution is 0.381. The molecule has 0 aromatic heterocycles. The third-order valence-corrected chi connectivity index (χ3v) is 0. The van der Waals surface area contributed by atoms with Gasteiger partial charge in [0.05, 0.1) is 0 Å². The quantitative estimate of drug-likeness (QED) is 0.406. The van der Waals surface area contributed by atoms with Crippen LogP contribution in [-0.2, 0) is 10.4 Å². The highest BCUT2D eigenvalue weighted by atomic mass is 32.3. The monoisotopic (exact) mass is 123 g/mol. The van der Waals surface area contributed by atoms with E-state index in [9.17, 15) is 0 Å². The van der Waals surface area contributed by atoms with Gasteiger partial charge in [-0.1, -0.05) is 0 Å². The first-order chi connectivity index (χ1) is 2.00. The van der Waals surface area contributed by atoms with Crippen LogP contribution in [0.25, 0.3) is 0 Å². The van der Waals surface area contributed by atoms with E-state index < -0.39 is 10.4 Å². The van der Waals surface area contributed by atoms with Gasteiger partial charge in [-0.15, -0.1) is 0 Å². The van der Waals surface area contributed by atoms with Crippen molar-refractivity contribution in [3.05, 3.63) is 0 Å². The summed E-state index contributed by atoms with van der Waals surface area (Å²) in [5.74, 6) is 0. The maximum absolute atomic E-state index is 8.74.